The number of hydrogen-bond donors (Lipinski definition) is 2. The highest BCUT2D eigenvalue weighted by Gasteiger charge is 2.31. The van der Waals surface area contributed by atoms with Gasteiger partial charge in [0.1, 0.15) is 0 Å². The third-order valence-corrected chi connectivity index (χ3v) is 3.86. The molecule has 0 radical (unpaired) electrons. The average Bonchev–Trinajstić information content (AvgIpc) is 2.92. The summed E-state index contributed by atoms with van der Waals surface area (Å²) in [6.07, 6.45) is 2.82. The molecule has 0 aromatic heterocycles. The van der Waals surface area contributed by atoms with Crippen LogP contribution in [0.4, 0.5) is 0 Å². The standard InChI is InChI=1S/C14H28N4O2.HI/c1-3-15-14(16-6-8-19-2)17-9-13-10-18-7-4-5-12(18)11-20-13;/h12-13H,3-11H2,1-2H3,(H2,15,16,17);1H. The zero-order chi connectivity index (χ0) is 14.2. The van der Waals surface area contributed by atoms with Gasteiger partial charge in [-0.05, 0) is 26.3 Å². The first-order chi connectivity index (χ1) is 9.83. The van der Waals surface area contributed by atoms with Gasteiger partial charge in [0.05, 0.1) is 25.9 Å². The van der Waals surface area contributed by atoms with Crippen LogP contribution in [0.25, 0.3) is 0 Å². The van der Waals surface area contributed by atoms with Crippen molar-refractivity contribution in [1.29, 1.82) is 0 Å². The van der Waals surface area contributed by atoms with E-state index in [9.17, 15) is 0 Å². The third-order valence-electron chi connectivity index (χ3n) is 3.86. The smallest absolute Gasteiger partial charge is 0.191 e. The van der Waals surface area contributed by atoms with Crippen molar-refractivity contribution in [3.63, 3.8) is 0 Å². The van der Waals surface area contributed by atoms with Gasteiger partial charge in [0.15, 0.2) is 5.96 Å². The van der Waals surface area contributed by atoms with E-state index in [4.69, 9.17) is 9.47 Å². The number of fused-ring (bicyclic) bond motifs is 1. The Morgan fingerprint density at radius 1 is 1.43 bits per heavy atom. The number of methoxy groups -OCH3 is 1. The minimum absolute atomic E-state index is 0. The Balaban J connectivity index is 0.00000220. The van der Waals surface area contributed by atoms with Crippen molar-refractivity contribution in [2.75, 3.05) is 53.0 Å². The molecule has 2 heterocycles. The van der Waals surface area contributed by atoms with Crippen molar-refractivity contribution >= 4 is 29.9 Å². The largest absolute Gasteiger partial charge is 0.383 e. The van der Waals surface area contributed by atoms with Crippen molar-refractivity contribution < 1.29 is 9.47 Å². The monoisotopic (exact) mass is 412 g/mol. The number of halogens is 1. The molecule has 2 fully saturated rings. The molecule has 0 amide bonds. The van der Waals surface area contributed by atoms with Crippen LogP contribution in [0.15, 0.2) is 4.99 Å². The van der Waals surface area contributed by atoms with E-state index in [1.165, 1.54) is 19.4 Å². The van der Waals surface area contributed by atoms with Gasteiger partial charge in [-0.15, -0.1) is 24.0 Å². The summed E-state index contributed by atoms with van der Waals surface area (Å²) < 4.78 is 11.0. The Hall–Kier alpha value is -0.120. The zero-order valence-electron chi connectivity index (χ0n) is 13.1. The fourth-order valence-electron chi connectivity index (χ4n) is 2.80. The molecule has 0 aromatic carbocycles. The summed E-state index contributed by atoms with van der Waals surface area (Å²) >= 11 is 0. The van der Waals surface area contributed by atoms with E-state index in [0.29, 0.717) is 19.2 Å². The van der Waals surface area contributed by atoms with Gasteiger partial charge in [0.2, 0.25) is 0 Å². The number of nitrogens with one attached hydrogen (secondary N) is 2. The maximum Gasteiger partial charge on any atom is 0.191 e. The topological polar surface area (TPSA) is 58.1 Å². The van der Waals surface area contributed by atoms with E-state index >= 15 is 0 Å². The molecule has 2 N–H and O–H groups in total. The maximum atomic E-state index is 5.92. The Kier molecular flexibility index (Phi) is 9.54. The van der Waals surface area contributed by atoms with Crippen LogP contribution < -0.4 is 10.6 Å². The molecule has 0 saturated carbocycles. The number of aliphatic imine (C=N–C) groups is 1. The van der Waals surface area contributed by atoms with Crippen LogP contribution in [0.1, 0.15) is 19.8 Å². The molecule has 2 aliphatic heterocycles. The van der Waals surface area contributed by atoms with Crippen molar-refractivity contribution in [1.82, 2.24) is 15.5 Å². The number of guanidine groups is 1. The van der Waals surface area contributed by atoms with E-state index in [-0.39, 0.29) is 30.1 Å². The number of ether oxygens (including phenoxy) is 2. The van der Waals surface area contributed by atoms with Gasteiger partial charge in [-0.2, -0.15) is 0 Å². The van der Waals surface area contributed by atoms with Crippen molar-refractivity contribution in [3.8, 4) is 0 Å². The molecule has 0 aromatic rings. The highest BCUT2D eigenvalue weighted by atomic mass is 127. The summed E-state index contributed by atoms with van der Waals surface area (Å²) in [5.74, 6) is 0.844. The summed E-state index contributed by atoms with van der Waals surface area (Å²) in [6.45, 7) is 8.20. The van der Waals surface area contributed by atoms with Gasteiger partial charge in [-0.3, -0.25) is 9.89 Å². The van der Waals surface area contributed by atoms with Gasteiger partial charge in [-0.25, -0.2) is 0 Å². The first-order valence-electron chi connectivity index (χ1n) is 7.70. The fourth-order valence-corrected chi connectivity index (χ4v) is 2.80. The molecule has 2 rings (SSSR count). The Morgan fingerprint density at radius 2 is 2.29 bits per heavy atom. The van der Waals surface area contributed by atoms with Crippen molar-refractivity contribution in [2.24, 2.45) is 4.99 Å². The summed E-state index contributed by atoms with van der Waals surface area (Å²) in [7, 11) is 1.70. The molecule has 21 heavy (non-hydrogen) atoms. The summed E-state index contributed by atoms with van der Waals surface area (Å²) in [5, 5.41) is 6.49. The highest BCUT2D eigenvalue weighted by molar-refractivity contribution is 14.0. The first-order valence-corrected chi connectivity index (χ1v) is 7.70. The van der Waals surface area contributed by atoms with E-state index in [1.807, 2.05) is 0 Å². The van der Waals surface area contributed by atoms with E-state index in [0.717, 1.165) is 32.2 Å². The first kappa shape index (κ1) is 18.9. The van der Waals surface area contributed by atoms with Gasteiger partial charge in [0, 0.05) is 32.8 Å². The highest BCUT2D eigenvalue weighted by Crippen LogP contribution is 2.22. The van der Waals surface area contributed by atoms with Crippen LogP contribution in [0.2, 0.25) is 0 Å². The zero-order valence-corrected chi connectivity index (χ0v) is 15.5. The second-order valence-corrected chi connectivity index (χ2v) is 5.39. The van der Waals surface area contributed by atoms with Crippen LogP contribution >= 0.6 is 24.0 Å². The molecule has 124 valence electrons. The van der Waals surface area contributed by atoms with Crippen molar-refractivity contribution in [2.45, 2.75) is 31.9 Å². The van der Waals surface area contributed by atoms with Crippen LogP contribution in [0, 0.1) is 0 Å². The predicted octanol–water partition coefficient (Wildman–Crippen LogP) is 0.669. The van der Waals surface area contributed by atoms with Crippen LogP contribution in [-0.4, -0.2) is 76.1 Å². The average molecular weight is 412 g/mol. The Bertz CT molecular complexity index is 317. The lowest BCUT2D eigenvalue weighted by Gasteiger charge is -2.34. The minimum atomic E-state index is 0. The molecule has 0 aliphatic carbocycles. The molecule has 7 heteroatoms. The predicted molar refractivity (Wildman–Crippen MR) is 95.6 cm³/mol. The fraction of sp³-hybridized carbons (Fsp3) is 0.929. The van der Waals surface area contributed by atoms with Gasteiger partial charge < -0.3 is 20.1 Å². The molecule has 2 unspecified atom stereocenters. The second-order valence-electron chi connectivity index (χ2n) is 5.39. The molecule has 2 atom stereocenters. The van der Waals surface area contributed by atoms with Crippen LogP contribution in [0.3, 0.4) is 0 Å². The number of hydrogen-bond acceptors (Lipinski definition) is 4. The van der Waals surface area contributed by atoms with E-state index < -0.39 is 0 Å². The van der Waals surface area contributed by atoms with Crippen LogP contribution in [0.5, 0.6) is 0 Å². The van der Waals surface area contributed by atoms with Gasteiger partial charge in [0.25, 0.3) is 0 Å². The number of morpholine rings is 1. The van der Waals surface area contributed by atoms with E-state index in [1.54, 1.807) is 7.11 Å². The lowest BCUT2D eigenvalue weighted by molar-refractivity contribution is -0.0432. The van der Waals surface area contributed by atoms with Gasteiger partial charge >= 0.3 is 0 Å². The molecule has 0 bridgehead atoms. The lowest BCUT2D eigenvalue weighted by atomic mass is 10.2. The van der Waals surface area contributed by atoms with Gasteiger partial charge in [-0.1, -0.05) is 0 Å². The van der Waals surface area contributed by atoms with Crippen LogP contribution in [-0.2, 0) is 9.47 Å². The normalized spacial score (nSPS) is 26.1. The summed E-state index contributed by atoms with van der Waals surface area (Å²) in [4.78, 5) is 7.16. The Labute approximate surface area is 145 Å². The SMILES string of the molecule is CCNC(=NCC1CN2CCCC2CO1)NCCOC.I. The second kappa shape index (κ2) is 10.6. The molecule has 2 aliphatic rings. The molecule has 6 nitrogen and oxygen atoms in total. The molecular formula is C14H29IN4O2. The van der Waals surface area contributed by atoms with E-state index in [2.05, 4.69) is 27.4 Å². The molecule has 2 saturated heterocycles. The summed E-state index contributed by atoms with van der Waals surface area (Å²) in [6, 6.07) is 0.656. The third kappa shape index (κ3) is 6.25. The quantitative estimate of drug-likeness (QED) is 0.291. The summed E-state index contributed by atoms with van der Waals surface area (Å²) in [5.41, 5.74) is 0. The lowest BCUT2D eigenvalue weighted by Crippen LogP contribution is -2.47. The number of rotatable bonds is 6. The maximum absolute atomic E-state index is 5.92. The molecule has 0 spiro atoms. The molecular weight excluding hydrogens is 383 g/mol. The van der Waals surface area contributed by atoms with Crippen molar-refractivity contribution in [3.05, 3.63) is 0 Å². The Morgan fingerprint density at radius 3 is 3.05 bits per heavy atom. The minimum Gasteiger partial charge on any atom is -0.383 e. The number of nitrogens with zero attached hydrogens (tertiary/aromatic N) is 2.